The summed E-state index contributed by atoms with van der Waals surface area (Å²) in [5.74, 6) is 1.84. The summed E-state index contributed by atoms with van der Waals surface area (Å²) in [4.78, 5) is 12.3. The van der Waals surface area contributed by atoms with Gasteiger partial charge in [-0.2, -0.15) is 0 Å². The number of para-hydroxylation sites is 2. The Bertz CT molecular complexity index is 699. The number of rotatable bonds is 5. The smallest absolute Gasteiger partial charge is 0.265 e. The van der Waals surface area contributed by atoms with E-state index in [0.717, 1.165) is 5.75 Å². The van der Waals surface area contributed by atoms with Crippen molar-refractivity contribution < 1.29 is 19.0 Å². The van der Waals surface area contributed by atoms with E-state index in [-0.39, 0.29) is 18.6 Å². The molecule has 0 aromatic heterocycles. The predicted molar refractivity (Wildman–Crippen MR) is 90.6 cm³/mol. The zero-order valence-electron chi connectivity index (χ0n) is 13.8. The van der Waals surface area contributed by atoms with Gasteiger partial charge >= 0.3 is 0 Å². The number of amides is 1. The van der Waals surface area contributed by atoms with Crippen LogP contribution in [0.3, 0.4) is 0 Å². The van der Waals surface area contributed by atoms with E-state index in [1.807, 2.05) is 56.3 Å². The van der Waals surface area contributed by atoms with Gasteiger partial charge in [-0.05, 0) is 38.1 Å². The quantitative estimate of drug-likeness (QED) is 0.917. The largest absolute Gasteiger partial charge is 0.491 e. The summed E-state index contributed by atoms with van der Waals surface area (Å²) in [5.41, 5.74) is 1.18. The molecule has 1 N–H and O–H groups in total. The van der Waals surface area contributed by atoms with Crippen LogP contribution in [0, 0.1) is 6.92 Å². The Morgan fingerprint density at radius 1 is 1.21 bits per heavy atom. The number of benzene rings is 2. The van der Waals surface area contributed by atoms with Gasteiger partial charge in [0.1, 0.15) is 19.0 Å². The van der Waals surface area contributed by atoms with Crippen LogP contribution in [0.1, 0.15) is 12.5 Å². The van der Waals surface area contributed by atoms with Crippen LogP contribution in [0.4, 0.5) is 0 Å². The molecule has 1 amide bonds. The minimum atomic E-state index is -0.651. The van der Waals surface area contributed by atoms with Gasteiger partial charge in [0, 0.05) is 0 Å². The van der Waals surface area contributed by atoms with E-state index in [4.69, 9.17) is 14.2 Å². The van der Waals surface area contributed by atoms with Crippen molar-refractivity contribution in [2.24, 2.45) is 0 Å². The summed E-state index contributed by atoms with van der Waals surface area (Å²) in [6.45, 7) is 4.51. The summed E-state index contributed by atoms with van der Waals surface area (Å²) in [7, 11) is 0. The SMILES string of the molecule is Cc1ccc(OC[C@@H](C)NC(=O)[C@@H]2COc3ccccc3O2)cc1. The Morgan fingerprint density at radius 2 is 1.92 bits per heavy atom. The van der Waals surface area contributed by atoms with Crippen LogP contribution < -0.4 is 19.5 Å². The van der Waals surface area contributed by atoms with Gasteiger partial charge in [0.25, 0.3) is 5.91 Å². The normalized spacial score (nSPS) is 17.0. The molecule has 2 atom stereocenters. The Balaban J connectivity index is 1.49. The molecule has 0 saturated carbocycles. The van der Waals surface area contributed by atoms with Crippen LogP contribution in [-0.4, -0.2) is 31.3 Å². The van der Waals surface area contributed by atoms with Crippen molar-refractivity contribution in [1.29, 1.82) is 0 Å². The molecular formula is C19H21NO4. The number of nitrogens with one attached hydrogen (secondary N) is 1. The van der Waals surface area contributed by atoms with Crippen LogP contribution in [0.15, 0.2) is 48.5 Å². The lowest BCUT2D eigenvalue weighted by Crippen LogP contribution is -2.48. The molecule has 1 aliphatic rings. The third kappa shape index (κ3) is 3.98. The van der Waals surface area contributed by atoms with Crippen molar-refractivity contribution in [3.05, 3.63) is 54.1 Å². The fourth-order valence-electron chi connectivity index (χ4n) is 2.38. The van der Waals surface area contributed by atoms with Crippen molar-refractivity contribution >= 4 is 5.91 Å². The van der Waals surface area contributed by atoms with E-state index in [1.54, 1.807) is 6.07 Å². The summed E-state index contributed by atoms with van der Waals surface area (Å²) in [5, 5.41) is 2.89. The van der Waals surface area contributed by atoms with E-state index in [1.165, 1.54) is 5.56 Å². The third-order valence-corrected chi connectivity index (χ3v) is 3.71. The van der Waals surface area contributed by atoms with E-state index >= 15 is 0 Å². The van der Waals surface area contributed by atoms with E-state index in [0.29, 0.717) is 18.1 Å². The lowest BCUT2D eigenvalue weighted by molar-refractivity contribution is -0.131. The molecule has 24 heavy (non-hydrogen) atoms. The molecule has 1 heterocycles. The number of fused-ring (bicyclic) bond motifs is 1. The molecule has 5 nitrogen and oxygen atoms in total. The number of hydrogen-bond donors (Lipinski definition) is 1. The Hall–Kier alpha value is -2.69. The zero-order valence-corrected chi connectivity index (χ0v) is 13.8. The minimum absolute atomic E-state index is 0.139. The molecule has 3 rings (SSSR count). The molecule has 126 valence electrons. The lowest BCUT2D eigenvalue weighted by atomic mass is 10.2. The molecule has 2 aromatic rings. The molecule has 0 spiro atoms. The van der Waals surface area contributed by atoms with Crippen LogP contribution in [-0.2, 0) is 4.79 Å². The average Bonchev–Trinajstić information content (AvgIpc) is 2.61. The maximum Gasteiger partial charge on any atom is 0.265 e. The Morgan fingerprint density at radius 3 is 2.67 bits per heavy atom. The fraction of sp³-hybridized carbons (Fsp3) is 0.316. The summed E-state index contributed by atoms with van der Waals surface area (Å²) >= 11 is 0. The van der Waals surface area contributed by atoms with Gasteiger partial charge in [0.2, 0.25) is 6.10 Å². The summed E-state index contributed by atoms with van der Waals surface area (Å²) in [6.07, 6.45) is -0.651. The van der Waals surface area contributed by atoms with Crippen molar-refractivity contribution in [2.45, 2.75) is 26.0 Å². The number of carbonyl (C=O) groups is 1. The third-order valence-electron chi connectivity index (χ3n) is 3.71. The molecular weight excluding hydrogens is 306 g/mol. The summed E-state index contributed by atoms with van der Waals surface area (Å²) < 4.78 is 16.9. The van der Waals surface area contributed by atoms with Crippen molar-refractivity contribution in [3.8, 4) is 17.2 Å². The first kappa shape index (κ1) is 16.2. The maximum absolute atomic E-state index is 12.3. The minimum Gasteiger partial charge on any atom is -0.491 e. The van der Waals surface area contributed by atoms with Crippen molar-refractivity contribution in [2.75, 3.05) is 13.2 Å². The molecule has 0 radical (unpaired) electrons. The molecule has 1 aliphatic heterocycles. The molecule has 0 aliphatic carbocycles. The van der Waals surface area contributed by atoms with Crippen molar-refractivity contribution in [3.63, 3.8) is 0 Å². The first-order valence-electron chi connectivity index (χ1n) is 8.00. The molecule has 5 heteroatoms. The first-order valence-corrected chi connectivity index (χ1v) is 8.00. The van der Waals surface area contributed by atoms with Crippen molar-refractivity contribution in [1.82, 2.24) is 5.32 Å². The van der Waals surface area contributed by atoms with Gasteiger partial charge in [-0.25, -0.2) is 0 Å². The molecule has 0 bridgehead atoms. The highest BCUT2D eigenvalue weighted by Gasteiger charge is 2.28. The molecule has 0 unspecified atom stereocenters. The van der Waals surface area contributed by atoms with E-state index < -0.39 is 6.10 Å². The Kier molecular flexibility index (Phi) is 4.89. The Labute approximate surface area is 141 Å². The van der Waals surface area contributed by atoms with Gasteiger partial charge in [-0.3, -0.25) is 4.79 Å². The number of aryl methyl sites for hydroxylation is 1. The van der Waals surface area contributed by atoms with Gasteiger partial charge in [-0.1, -0.05) is 29.8 Å². The van der Waals surface area contributed by atoms with Gasteiger partial charge in [0.15, 0.2) is 11.5 Å². The number of carbonyl (C=O) groups excluding carboxylic acids is 1. The topological polar surface area (TPSA) is 56.8 Å². The lowest BCUT2D eigenvalue weighted by Gasteiger charge is -2.26. The molecule has 2 aromatic carbocycles. The number of hydrogen-bond acceptors (Lipinski definition) is 4. The fourth-order valence-corrected chi connectivity index (χ4v) is 2.38. The van der Waals surface area contributed by atoms with Crippen LogP contribution in [0.5, 0.6) is 17.2 Å². The molecule has 0 saturated heterocycles. The summed E-state index contributed by atoms with van der Waals surface area (Å²) in [6, 6.07) is 15.0. The monoisotopic (exact) mass is 327 g/mol. The second-order valence-corrected chi connectivity index (χ2v) is 5.90. The van der Waals surface area contributed by atoms with Gasteiger partial charge < -0.3 is 19.5 Å². The second-order valence-electron chi connectivity index (χ2n) is 5.90. The highest BCUT2D eigenvalue weighted by atomic mass is 16.6. The van der Waals surface area contributed by atoms with Gasteiger partial charge in [-0.15, -0.1) is 0 Å². The van der Waals surface area contributed by atoms with E-state index in [2.05, 4.69) is 5.32 Å². The first-order chi connectivity index (χ1) is 11.6. The average molecular weight is 327 g/mol. The standard InChI is InChI=1S/C19H21NO4/c1-13-7-9-15(10-8-13)22-11-14(2)20-19(21)18-12-23-16-5-3-4-6-17(16)24-18/h3-10,14,18H,11-12H2,1-2H3,(H,20,21)/t14-,18+/m1/s1. The second kappa shape index (κ2) is 7.25. The van der Waals surface area contributed by atoms with Crippen LogP contribution >= 0.6 is 0 Å². The predicted octanol–water partition coefficient (Wildman–Crippen LogP) is 2.72. The maximum atomic E-state index is 12.3. The number of ether oxygens (including phenoxy) is 3. The highest BCUT2D eigenvalue weighted by Crippen LogP contribution is 2.30. The van der Waals surface area contributed by atoms with Gasteiger partial charge in [0.05, 0.1) is 6.04 Å². The van der Waals surface area contributed by atoms with Crippen LogP contribution in [0.25, 0.3) is 0 Å². The molecule has 0 fully saturated rings. The van der Waals surface area contributed by atoms with Crippen LogP contribution in [0.2, 0.25) is 0 Å². The highest BCUT2D eigenvalue weighted by molar-refractivity contribution is 5.82. The van der Waals surface area contributed by atoms with E-state index in [9.17, 15) is 4.79 Å². The zero-order chi connectivity index (χ0) is 16.9.